The number of hydrogen-bond donors (Lipinski definition) is 1. The molecule has 168 valence electrons. The number of benzene rings is 2. The summed E-state index contributed by atoms with van der Waals surface area (Å²) in [5, 5.41) is 8.16. The third kappa shape index (κ3) is 3.57. The van der Waals surface area contributed by atoms with Crippen LogP contribution < -0.4 is 5.32 Å². The molecular weight excluding hydrogens is 515 g/mol. The molecule has 2 aliphatic carbocycles. The fourth-order valence-electron chi connectivity index (χ4n) is 5.09. The maximum absolute atomic E-state index is 13.6. The molecule has 0 radical (unpaired) electrons. The molecule has 32 heavy (non-hydrogen) atoms. The van der Waals surface area contributed by atoms with Gasteiger partial charge in [0.1, 0.15) is 0 Å². The van der Waals surface area contributed by atoms with Crippen LogP contribution in [0.3, 0.4) is 0 Å². The summed E-state index contributed by atoms with van der Waals surface area (Å²) in [4.78, 5) is 31.3. The number of carbonyl (C=O) groups excluding carboxylic acids is 2. The number of hydrogen-bond acceptors (Lipinski definition) is 4. The number of nitrogens with zero attached hydrogens (tertiary/aromatic N) is 1. The molecule has 1 amide bonds. The van der Waals surface area contributed by atoms with Crippen LogP contribution in [0.2, 0.25) is 10.0 Å². The Morgan fingerprint density at radius 3 is 2.44 bits per heavy atom. The van der Waals surface area contributed by atoms with Gasteiger partial charge in [0.15, 0.2) is 0 Å². The van der Waals surface area contributed by atoms with E-state index < -0.39 is 16.8 Å². The third-order valence-corrected chi connectivity index (χ3v) is 8.76. The first kappa shape index (κ1) is 23.3. The topological polar surface area (TPSA) is 67.8 Å². The summed E-state index contributed by atoms with van der Waals surface area (Å²) in [6.45, 7) is 6.25. The van der Waals surface area contributed by atoms with Crippen LogP contribution in [-0.2, 0) is 9.63 Å². The third-order valence-electron chi connectivity index (χ3n) is 7.66. The van der Waals surface area contributed by atoms with E-state index >= 15 is 0 Å². The molecule has 8 heteroatoms. The highest BCUT2D eigenvalue weighted by Crippen LogP contribution is 2.71. The lowest BCUT2D eigenvalue weighted by Gasteiger charge is -2.39. The fraction of sp³-hybridized carbons (Fsp3) is 0.375. The van der Waals surface area contributed by atoms with Crippen LogP contribution >= 0.6 is 39.1 Å². The number of oxime groups is 1. The number of anilines is 1. The monoisotopic (exact) mass is 536 g/mol. The van der Waals surface area contributed by atoms with Crippen molar-refractivity contribution in [2.24, 2.45) is 21.4 Å². The standard InChI is InChI=1S/C24H23BrCl2N2O3/c1-22(2)23(3)10-11-24(22,21(31)28-18-12-16(26)8-9-17(18)27)13-19(23)29-32-20(30)14-4-6-15(25)7-5-14/h4-9,12H,10-11,13H2,1-3H3,(H,28,31)/b29-19+. The Bertz CT molecular complexity index is 1130. The maximum atomic E-state index is 13.6. The lowest BCUT2D eigenvalue weighted by atomic mass is 9.64. The maximum Gasteiger partial charge on any atom is 0.365 e. The van der Waals surface area contributed by atoms with Crippen LogP contribution in [0.15, 0.2) is 52.1 Å². The van der Waals surface area contributed by atoms with Crippen molar-refractivity contribution >= 4 is 62.4 Å². The van der Waals surface area contributed by atoms with E-state index in [0.717, 1.165) is 16.6 Å². The van der Waals surface area contributed by atoms with E-state index in [1.54, 1.807) is 42.5 Å². The minimum absolute atomic E-state index is 0.125. The minimum Gasteiger partial charge on any atom is -0.324 e. The molecule has 2 fully saturated rings. The molecule has 2 unspecified atom stereocenters. The van der Waals surface area contributed by atoms with Gasteiger partial charge >= 0.3 is 5.97 Å². The van der Waals surface area contributed by atoms with E-state index in [2.05, 4.69) is 47.2 Å². The van der Waals surface area contributed by atoms with Crippen molar-refractivity contribution in [3.05, 3.63) is 62.5 Å². The molecular formula is C24H23BrCl2N2O3. The first-order chi connectivity index (χ1) is 15.0. The van der Waals surface area contributed by atoms with E-state index in [1.807, 2.05) is 0 Å². The zero-order valence-corrected chi connectivity index (χ0v) is 21.1. The molecule has 1 N–H and O–H groups in total. The summed E-state index contributed by atoms with van der Waals surface area (Å²) in [6.07, 6.45) is 1.89. The van der Waals surface area contributed by atoms with Crippen molar-refractivity contribution in [2.75, 3.05) is 5.32 Å². The number of nitrogens with one attached hydrogen (secondary N) is 1. The SMILES string of the molecule is CC12CCC(C(=O)Nc3cc(Cl)ccc3Cl)(C/C1=N\OC(=O)c1ccc(Br)cc1)C2(C)C. The van der Waals surface area contributed by atoms with Crippen LogP contribution in [0.4, 0.5) is 5.69 Å². The van der Waals surface area contributed by atoms with E-state index in [-0.39, 0.29) is 11.3 Å². The molecule has 2 atom stereocenters. The Labute approximate surface area is 205 Å². The van der Waals surface area contributed by atoms with Gasteiger partial charge in [-0.2, -0.15) is 0 Å². The van der Waals surface area contributed by atoms with Gasteiger partial charge in [-0.25, -0.2) is 4.79 Å². The first-order valence-corrected chi connectivity index (χ1v) is 11.9. The van der Waals surface area contributed by atoms with E-state index in [4.69, 9.17) is 28.0 Å². The van der Waals surface area contributed by atoms with Crippen LogP contribution in [0.25, 0.3) is 0 Å². The molecule has 2 bridgehead atoms. The van der Waals surface area contributed by atoms with Gasteiger partial charge in [-0.3, -0.25) is 4.79 Å². The molecule has 4 rings (SSSR count). The predicted octanol–water partition coefficient (Wildman–Crippen LogP) is 7.12. The average Bonchev–Trinajstić information content (AvgIpc) is 3.05. The highest BCUT2D eigenvalue weighted by atomic mass is 79.9. The quantitative estimate of drug-likeness (QED) is 0.333. The van der Waals surface area contributed by atoms with Gasteiger partial charge in [-0.15, -0.1) is 0 Å². The minimum atomic E-state index is -0.698. The lowest BCUT2D eigenvalue weighted by molar-refractivity contribution is -0.130. The summed E-state index contributed by atoms with van der Waals surface area (Å²) in [7, 11) is 0. The first-order valence-electron chi connectivity index (χ1n) is 10.3. The number of rotatable bonds is 4. The zero-order valence-electron chi connectivity index (χ0n) is 18.0. The van der Waals surface area contributed by atoms with Crippen molar-refractivity contribution in [1.82, 2.24) is 0 Å². The normalized spacial score (nSPS) is 26.9. The molecule has 2 aromatic rings. The van der Waals surface area contributed by atoms with Crippen molar-refractivity contribution in [3.63, 3.8) is 0 Å². The van der Waals surface area contributed by atoms with Crippen LogP contribution in [0.1, 0.15) is 50.4 Å². The highest BCUT2D eigenvalue weighted by Gasteiger charge is 2.71. The predicted molar refractivity (Wildman–Crippen MR) is 130 cm³/mol. The molecule has 2 saturated carbocycles. The number of carbonyl (C=O) groups is 2. The Morgan fingerprint density at radius 2 is 1.75 bits per heavy atom. The van der Waals surface area contributed by atoms with E-state index in [9.17, 15) is 9.59 Å². The summed E-state index contributed by atoms with van der Waals surface area (Å²) in [6, 6.07) is 11.9. The van der Waals surface area contributed by atoms with Gasteiger partial charge in [-0.1, -0.05) is 65.1 Å². The largest absolute Gasteiger partial charge is 0.365 e. The van der Waals surface area contributed by atoms with Crippen molar-refractivity contribution in [1.29, 1.82) is 0 Å². The van der Waals surface area contributed by atoms with Crippen molar-refractivity contribution < 1.29 is 14.4 Å². The summed E-state index contributed by atoms with van der Waals surface area (Å²) >= 11 is 15.7. The molecule has 0 heterocycles. The zero-order chi connectivity index (χ0) is 23.3. The molecule has 0 aromatic heterocycles. The van der Waals surface area contributed by atoms with Gasteiger partial charge in [0.2, 0.25) is 5.91 Å². The van der Waals surface area contributed by atoms with Gasteiger partial charge < -0.3 is 10.2 Å². The second-order valence-corrected chi connectivity index (χ2v) is 11.0. The smallest absolute Gasteiger partial charge is 0.324 e. The fourth-order valence-corrected chi connectivity index (χ4v) is 5.69. The molecule has 0 saturated heterocycles. The van der Waals surface area contributed by atoms with Gasteiger partial charge in [0.25, 0.3) is 0 Å². The molecule has 2 aromatic carbocycles. The van der Waals surface area contributed by atoms with Gasteiger partial charge in [-0.05, 0) is 60.7 Å². The Hall–Kier alpha value is -1.89. The second-order valence-electron chi connectivity index (χ2n) is 9.22. The van der Waals surface area contributed by atoms with Gasteiger partial charge in [0, 0.05) is 21.3 Å². The number of amides is 1. The van der Waals surface area contributed by atoms with Crippen LogP contribution in [0, 0.1) is 16.2 Å². The average molecular weight is 538 g/mol. The Balaban J connectivity index is 1.60. The van der Waals surface area contributed by atoms with Gasteiger partial charge in [0.05, 0.1) is 27.4 Å². The molecule has 5 nitrogen and oxygen atoms in total. The van der Waals surface area contributed by atoms with E-state index in [1.165, 1.54) is 0 Å². The van der Waals surface area contributed by atoms with Crippen LogP contribution in [0.5, 0.6) is 0 Å². The lowest BCUT2D eigenvalue weighted by Crippen LogP contribution is -2.43. The molecule has 0 spiro atoms. The molecule has 2 aliphatic rings. The highest BCUT2D eigenvalue weighted by molar-refractivity contribution is 9.10. The van der Waals surface area contributed by atoms with E-state index in [0.29, 0.717) is 34.1 Å². The summed E-state index contributed by atoms with van der Waals surface area (Å²) in [5.74, 6) is -0.654. The van der Waals surface area contributed by atoms with Crippen molar-refractivity contribution in [2.45, 2.75) is 40.0 Å². The Kier molecular flexibility index (Phi) is 5.93. The second kappa shape index (κ2) is 8.15. The molecule has 0 aliphatic heterocycles. The summed E-state index contributed by atoms with van der Waals surface area (Å²) < 4.78 is 0.871. The number of fused-ring (bicyclic) bond motifs is 2. The van der Waals surface area contributed by atoms with Crippen LogP contribution in [-0.4, -0.2) is 17.6 Å². The Morgan fingerprint density at radius 1 is 1.06 bits per heavy atom. The van der Waals surface area contributed by atoms with Crippen molar-refractivity contribution in [3.8, 4) is 0 Å². The summed E-state index contributed by atoms with van der Waals surface area (Å²) in [5.41, 5.74) is 0.145. The number of halogens is 3.